The molecule has 2 nitrogen and oxygen atoms in total. The summed E-state index contributed by atoms with van der Waals surface area (Å²) in [7, 11) is 0. The maximum absolute atomic E-state index is 11.4. The van der Waals surface area contributed by atoms with Gasteiger partial charge in [-0.2, -0.15) is 0 Å². The molecule has 86 valence electrons. The highest BCUT2D eigenvalue weighted by molar-refractivity contribution is 5.80. The molecule has 1 N–H and O–H groups in total. The van der Waals surface area contributed by atoms with E-state index in [1.54, 1.807) is 0 Å². The van der Waals surface area contributed by atoms with E-state index in [4.69, 9.17) is 0 Å². The highest BCUT2D eigenvalue weighted by Gasteiger charge is 2.33. The molecule has 0 heterocycles. The Balaban J connectivity index is 2.44. The summed E-state index contributed by atoms with van der Waals surface area (Å²) in [6.45, 7) is 3.74. The van der Waals surface area contributed by atoms with Crippen molar-refractivity contribution >= 4 is 5.97 Å². The predicted octanol–water partition coefficient (Wildman–Crippen LogP) is 2.93. The zero-order chi connectivity index (χ0) is 11.8. The van der Waals surface area contributed by atoms with Crippen LogP contribution in [0, 0.1) is 0 Å². The molecule has 0 aromatic heterocycles. The van der Waals surface area contributed by atoms with Crippen molar-refractivity contribution in [3.63, 3.8) is 0 Å². The average molecular weight is 218 g/mol. The molecule has 1 aliphatic rings. The van der Waals surface area contributed by atoms with Crippen molar-refractivity contribution in [3.05, 3.63) is 34.9 Å². The minimum absolute atomic E-state index is 0.626. The number of aliphatic carboxylic acids is 1. The zero-order valence-corrected chi connectivity index (χ0v) is 9.92. The number of carboxylic acids is 1. The quantitative estimate of drug-likeness (QED) is 0.847. The van der Waals surface area contributed by atoms with Gasteiger partial charge in [0.15, 0.2) is 0 Å². The van der Waals surface area contributed by atoms with E-state index in [2.05, 4.69) is 12.1 Å². The fourth-order valence-electron chi connectivity index (χ4n) is 2.39. The normalized spacial score (nSPS) is 17.9. The molecule has 0 aliphatic heterocycles. The van der Waals surface area contributed by atoms with E-state index in [0.29, 0.717) is 6.42 Å². The summed E-state index contributed by atoms with van der Waals surface area (Å²) in [6.07, 6.45) is 4.07. The van der Waals surface area contributed by atoms with Crippen molar-refractivity contribution in [3.8, 4) is 0 Å². The minimum Gasteiger partial charge on any atom is -0.481 e. The van der Waals surface area contributed by atoms with Crippen LogP contribution in [0.2, 0.25) is 0 Å². The lowest BCUT2D eigenvalue weighted by Gasteiger charge is -2.24. The van der Waals surface area contributed by atoms with Crippen molar-refractivity contribution in [1.82, 2.24) is 0 Å². The third-order valence-electron chi connectivity index (χ3n) is 3.91. The van der Waals surface area contributed by atoms with E-state index in [0.717, 1.165) is 18.4 Å². The van der Waals surface area contributed by atoms with E-state index >= 15 is 0 Å². The highest BCUT2D eigenvalue weighted by atomic mass is 16.4. The second-order valence-corrected chi connectivity index (χ2v) is 4.83. The zero-order valence-electron chi connectivity index (χ0n) is 9.92. The number of hydrogen-bond donors (Lipinski definition) is 1. The standard InChI is InChI=1S/C14H18O2/c1-3-14(2,13(15)16)12-8-7-10-5-4-6-11(10)9-12/h7-9H,3-6H2,1-2H3,(H,15,16). The van der Waals surface area contributed by atoms with Crippen molar-refractivity contribution in [2.45, 2.75) is 44.9 Å². The molecule has 0 saturated carbocycles. The van der Waals surface area contributed by atoms with Gasteiger partial charge in [0, 0.05) is 0 Å². The first kappa shape index (κ1) is 11.2. The summed E-state index contributed by atoms with van der Waals surface area (Å²) >= 11 is 0. The first-order valence-corrected chi connectivity index (χ1v) is 5.93. The second kappa shape index (κ2) is 3.93. The van der Waals surface area contributed by atoms with Crippen LogP contribution in [0.5, 0.6) is 0 Å². The van der Waals surface area contributed by atoms with Crippen LogP contribution in [0.4, 0.5) is 0 Å². The molecule has 1 aliphatic carbocycles. The molecular formula is C14H18O2. The molecular weight excluding hydrogens is 200 g/mol. The summed E-state index contributed by atoms with van der Waals surface area (Å²) in [5.74, 6) is -0.729. The Labute approximate surface area is 96.3 Å². The molecule has 0 fully saturated rings. The van der Waals surface area contributed by atoms with Gasteiger partial charge in [0.05, 0.1) is 5.41 Å². The van der Waals surface area contributed by atoms with Gasteiger partial charge in [0.1, 0.15) is 0 Å². The molecule has 0 amide bonds. The van der Waals surface area contributed by atoms with Gasteiger partial charge >= 0.3 is 5.97 Å². The number of hydrogen-bond acceptors (Lipinski definition) is 1. The molecule has 1 atom stereocenters. The molecule has 2 rings (SSSR count). The van der Waals surface area contributed by atoms with E-state index in [-0.39, 0.29) is 0 Å². The van der Waals surface area contributed by atoms with Crippen molar-refractivity contribution < 1.29 is 9.90 Å². The molecule has 1 aromatic carbocycles. The monoisotopic (exact) mass is 218 g/mol. The summed E-state index contributed by atoms with van der Waals surface area (Å²) in [5, 5.41) is 9.33. The van der Waals surface area contributed by atoms with Crippen LogP contribution in [-0.4, -0.2) is 11.1 Å². The summed E-state index contributed by atoms with van der Waals surface area (Å²) in [6, 6.07) is 6.19. The van der Waals surface area contributed by atoms with Crippen LogP contribution < -0.4 is 0 Å². The number of benzene rings is 1. The molecule has 1 unspecified atom stereocenters. The molecule has 2 heteroatoms. The first-order chi connectivity index (χ1) is 7.58. The lowest BCUT2D eigenvalue weighted by atomic mass is 9.79. The highest BCUT2D eigenvalue weighted by Crippen LogP contribution is 2.32. The molecule has 1 aromatic rings. The van der Waals surface area contributed by atoms with Crippen molar-refractivity contribution in [2.75, 3.05) is 0 Å². The maximum atomic E-state index is 11.4. The van der Waals surface area contributed by atoms with Crippen molar-refractivity contribution in [2.24, 2.45) is 0 Å². The van der Waals surface area contributed by atoms with Crippen LogP contribution >= 0.6 is 0 Å². The predicted molar refractivity (Wildman–Crippen MR) is 63.7 cm³/mol. The Bertz CT molecular complexity index is 423. The van der Waals surface area contributed by atoms with Crippen LogP contribution in [0.1, 0.15) is 43.4 Å². The van der Waals surface area contributed by atoms with Crippen LogP contribution in [0.3, 0.4) is 0 Å². The third kappa shape index (κ3) is 1.62. The van der Waals surface area contributed by atoms with Gasteiger partial charge in [0.2, 0.25) is 0 Å². The fourth-order valence-corrected chi connectivity index (χ4v) is 2.39. The first-order valence-electron chi connectivity index (χ1n) is 5.93. The van der Waals surface area contributed by atoms with Gasteiger partial charge in [-0.25, -0.2) is 0 Å². The Hall–Kier alpha value is -1.31. The SMILES string of the molecule is CCC(C)(C(=O)O)c1ccc2c(c1)CCC2. The summed E-state index contributed by atoms with van der Waals surface area (Å²) < 4.78 is 0. The molecule has 16 heavy (non-hydrogen) atoms. The van der Waals surface area contributed by atoms with Gasteiger partial charge in [-0.1, -0.05) is 25.1 Å². The Morgan fingerprint density at radius 3 is 2.69 bits per heavy atom. The molecule has 0 bridgehead atoms. The summed E-state index contributed by atoms with van der Waals surface area (Å²) in [4.78, 5) is 11.4. The van der Waals surface area contributed by atoms with Crippen LogP contribution in [0.15, 0.2) is 18.2 Å². The maximum Gasteiger partial charge on any atom is 0.313 e. The smallest absolute Gasteiger partial charge is 0.313 e. The van der Waals surface area contributed by atoms with E-state index in [1.807, 2.05) is 19.9 Å². The van der Waals surface area contributed by atoms with Gasteiger partial charge in [-0.05, 0) is 49.3 Å². The largest absolute Gasteiger partial charge is 0.481 e. The van der Waals surface area contributed by atoms with E-state index in [9.17, 15) is 9.90 Å². The molecule has 0 saturated heterocycles. The third-order valence-corrected chi connectivity index (χ3v) is 3.91. The lowest BCUT2D eigenvalue weighted by molar-refractivity contribution is -0.143. The van der Waals surface area contributed by atoms with E-state index < -0.39 is 11.4 Å². The average Bonchev–Trinajstić information content (AvgIpc) is 2.74. The molecule has 0 radical (unpaired) electrons. The second-order valence-electron chi connectivity index (χ2n) is 4.83. The minimum atomic E-state index is -0.738. The van der Waals surface area contributed by atoms with Gasteiger partial charge in [0.25, 0.3) is 0 Å². The van der Waals surface area contributed by atoms with Crippen LogP contribution in [-0.2, 0) is 23.1 Å². The number of fused-ring (bicyclic) bond motifs is 1. The van der Waals surface area contributed by atoms with E-state index in [1.165, 1.54) is 17.5 Å². The number of rotatable bonds is 3. The number of aryl methyl sites for hydroxylation is 2. The van der Waals surface area contributed by atoms with Crippen molar-refractivity contribution in [1.29, 1.82) is 0 Å². The fraction of sp³-hybridized carbons (Fsp3) is 0.500. The Morgan fingerprint density at radius 1 is 1.38 bits per heavy atom. The topological polar surface area (TPSA) is 37.3 Å². The van der Waals surface area contributed by atoms with Gasteiger partial charge in [-0.15, -0.1) is 0 Å². The Kier molecular flexibility index (Phi) is 2.75. The van der Waals surface area contributed by atoms with Gasteiger partial charge in [-0.3, -0.25) is 4.79 Å². The molecule has 0 spiro atoms. The number of carboxylic acid groups (broad SMARTS) is 1. The van der Waals surface area contributed by atoms with Crippen LogP contribution in [0.25, 0.3) is 0 Å². The summed E-state index contributed by atoms with van der Waals surface area (Å²) in [5.41, 5.74) is 2.95. The Morgan fingerprint density at radius 2 is 2.06 bits per heavy atom. The number of carbonyl (C=O) groups is 1. The van der Waals surface area contributed by atoms with Gasteiger partial charge < -0.3 is 5.11 Å². The lowest BCUT2D eigenvalue weighted by Crippen LogP contribution is -2.31.